The Balaban J connectivity index is 2.65. The van der Waals surface area contributed by atoms with Crippen LogP contribution in [0.3, 0.4) is 0 Å². The van der Waals surface area contributed by atoms with Gasteiger partial charge in [-0.2, -0.15) is 0 Å². The molecule has 15 heavy (non-hydrogen) atoms. The second-order valence-corrected chi connectivity index (χ2v) is 3.98. The van der Waals surface area contributed by atoms with Gasteiger partial charge in [0.05, 0.1) is 5.02 Å². The van der Waals surface area contributed by atoms with Crippen LogP contribution in [0.5, 0.6) is 0 Å². The summed E-state index contributed by atoms with van der Waals surface area (Å²) >= 11 is 5.77. The normalized spacial score (nSPS) is 12.5. The van der Waals surface area contributed by atoms with Gasteiger partial charge in [-0.1, -0.05) is 11.6 Å². The van der Waals surface area contributed by atoms with Crippen LogP contribution in [-0.4, -0.2) is 28.2 Å². The zero-order chi connectivity index (χ0) is 11.4. The predicted octanol–water partition coefficient (Wildman–Crippen LogP) is 1.18. The van der Waals surface area contributed by atoms with Crippen molar-refractivity contribution in [2.24, 2.45) is 7.05 Å². The average Bonchev–Trinajstić information content (AvgIpc) is 2.45. The Hall–Kier alpha value is -1.00. The van der Waals surface area contributed by atoms with Gasteiger partial charge in [0.25, 0.3) is 5.91 Å². The molecule has 0 saturated heterocycles. The van der Waals surface area contributed by atoms with Crippen molar-refractivity contribution < 1.29 is 9.90 Å². The molecule has 84 valence electrons. The lowest BCUT2D eigenvalue weighted by molar-refractivity contribution is 0.0926. The van der Waals surface area contributed by atoms with Crippen LogP contribution < -0.4 is 5.32 Å². The predicted molar refractivity (Wildman–Crippen MR) is 59.1 cm³/mol. The molecule has 1 aromatic heterocycles. The first-order valence-corrected chi connectivity index (χ1v) is 5.16. The number of aliphatic hydroxyl groups is 1. The number of rotatable bonds is 4. The summed E-state index contributed by atoms with van der Waals surface area (Å²) in [5.41, 5.74) is 0.518. The summed E-state index contributed by atoms with van der Waals surface area (Å²) in [5, 5.41) is 12.0. The van der Waals surface area contributed by atoms with Crippen molar-refractivity contribution in [2.75, 3.05) is 6.61 Å². The number of nitrogens with zero attached hydrogens (tertiary/aromatic N) is 1. The highest BCUT2D eigenvalue weighted by atomic mass is 35.5. The molecule has 0 aromatic carbocycles. The first-order chi connectivity index (χ1) is 7.04. The van der Waals surface area contributed by atoms with Gasteiger partial charge >= 0.3 is 0 Å². The fourth-order valence-corrected chi connectivity index (χ4v) is 1.56. The molecule has 0 aliphatic rings. The zero-order valence-corrected chi connectivity index (χ0v) is 9.58. The molecule has 2 N–H and O–H groups in total. The number of amides is 1. The highest BCUT2D eigenvalue weighted by Crippen LogP contribution is 2.12. The average molecular weight is 231 g/mol. The molecular weight excluding hydrogens is 216 g/mol. The maximum absolute atomic E-state index is 11.7. The number of aliphatic hydroxyl groups excluding tert-OH is 1. The first kappa shape index (κ1) is 12.1. The van der Waals surface area contributed by atoms with Gasteiger partial charge in [-0.05, 0) is 19.4 Å². The molecule has 0 radical (unpaired) electrons. The molecule has 5 heteroatoms. The molecule has 4 nitrogen and oxygen atoms in total. The van der Waals surface area contributed by atoms with Gasteiger partial charge in [0.2, 0.25) is 0 Å². The summed E-state index contributed by atoms with van der Waals surface area (Å²) in [6.45, 7) is 1.91. The van der Waals surface area contributed by atoms with Crippen LogP contribution in [0.1, 0.15) is 23.8 Å². The van der Waals surface area contributed by atoms with Gasteiger partial charge in [-0.25, -0.2) is 0 Å². The van der Waals surface area contributed by atoms with E-state index in [1.165, 1.54) is 0 Å². The summed E-state index contributed by atoms with van der Waals surface area (Å²) in [5.74, 6) is -0.176. The van der Waals surface area contributed by atoms with Crippen LogP contribution in [-0.2, 0) is 7.05 Å². The van der Waals surface area contributed by atoms with Crippen molar-refractivity contribution in [2.45, 2.75) is 19.4 Å². The van der Waals surface area contributed by atoms with Gasteiger partial charge in [0, 0.05) is 25.9 Å². The zero-order valence-electron chi connectivity index (χ0n) is 8.83. The summed E-state index contributed by atoms with van der Waals surface area (Å²) in [6.07, 6.45) is 2.22. The number of aryl methyl sites for hydroxylation is 1. The van der Waals surface area contributed by atoms with E-state index in [9.17, 15) is 4.79 Å². The number of nitrogens with one attached hydrogen (secondary N) is 1. The lowest BCUT2D eigenvalue weighted by Crippen LogP contribution is -2.34. The molecule has 1 heterocycles. The molecule has 0 bridgehead atoms. The lowest BCUT2D eigenvalue weighted by Gasteiger charge is -2.12. The quantitative estimate of drug-likeness (QED) is 0.816. The number of aromatic nitrogens is 1. The Bertz CT molecular complexity index is 349. The minimum absolute atomic E-state index is 0.0452. The Labute approximate surface area is 93.8 Å². The van der Waals surface area contributed by atoms with Crippen LogP contribution in [0.15, 0.2) is 12.3 Å². The van der Waals surface area contributed by atoms with Gasteiger partial charge in [0.1, 0.15) is 5.69 Å². The van der Waals surface area contributed by atoms with E-state index in [0.29, 0.717) is 17.1 Å². The van der Waals surface area contributed by atoms with Crippen LogP contribution in [0.25, 0.3) is 0 Å². The van der Waals surface area contributed by atoms with Gasteiger partial charge in [-0.3, -0.25) is 4.79 Å². The van der Waals surface area contributed by atoms with E-state index in [-0.39, 0.29) is 18.6 Å². The lowest BCUT2D eigenvalue weighted by atomic mass is 10.2. The van der Waals surface area contributed by atoms with E-state index in [1.54, 1.807) is 23.9 Å². The Morgan fingerprint density at radius 1 is 1.73 bits per heavy atom. The van der Waals surface area contributed by atoms with Crippen molar-refractivity contribution >= 4 is 17.5 Å². The third-order valence-electron chi connectivity index (χ3n) is 2.14. The second kappa shape index (κ2) is 5.19. The summed E-state index contributed by atoms with van der Waals surface area (Å²) in [6, 6.07) is 1.57. The molecule has 1 atom stereocenters. The smallest absolute Gasteiger partial charge is 0.268 e. The van der Waals surface area contributed by atoms with E-state index in [1.807, 2.05) is 6.92 Å². The van der Waals surface area contributed by atoms with Gasteiger partial charge in [0.15, 0.2) is 0 Å². The maximum Gasteiger partial charge on any atom is 0.268 e. The van der Waals surface area contributed by atoms with Crippen LogP contribution in [0.2, 0.25) is 5.02 Å². The fraction of sp³-hybridized carbons (Fsp3) is 0.500. The first-order valence-electron chi connectivity index (χ1n) is 4.78. The monoisotopic (exact) mass is 230 g/mol. The van der Waals surface area contributed by atoms with Crippen molar-refractivity contribution in [1.82, 2.24) is 9.88 Å². The minimum atomic E-state index is -0.176. The molecule has 1 aromatic rings. The van der Waals surface area contributed by atoms with Crippen LogP contribution >= 0.6 is 11.6 Å². The largest absolute Gasteiger partial charge is 0.396 e. The number of halogens is 1. The van der Waals surface area contributed by atoms with Crippen molar-refractivity contribution in [3.05, 3.63) is 23.0 Å². The maximum atomic E-state index is 11.7. The molecule has 0 aliphatic carbocycles. The third kappa shape index (κ3) is 3.25. The highest BCUT2D eigenvalue weighted by molar-refractivity contribution is 6.31. The number of carbonyl (C=O) groups is 1. The topological polar surface area (TPSA) is 54.3 Å². The Morgan fingerprint density at radius 3 is 2.87 bits per heavy atom. The number of carbonyl (C=O) groups excluding carboxylic acids is 1. The molecular formula is C10H15ClN2O2. The summed E-state index contributed by atoms with van der Waals surface area (Å²) in [7, 11) is 1.76. The molecule has 0 aliphatic heterocycles. The van der Waals surface area contributed by atoms with E-state index >= 15 is 0 Å². The standard InChI is InChI=1S/C10H15ClN2O2/c1-7(3-4-14)12-10(15)9-5-8(11)6-13(9)2/h5-7,14H,3-4H2,1-2H3,(H,12,15). The van der Waals surface area contributed by atoms with Gasteiger partial charge in [-0.15, -0.1) is 0 Å². The SMILES string of the molecule is CC(CCO)NC(=O)c1cc(Cl)cn1C. The second-order valence-electron chi connectivity index (χ2n) is 3.54. The van der Waals surface area contributed by atoms with Crippen molar-refractivity contribution in [1.29, 1.82) is 0 Å². The van der Waals surface area contributed by atoms with Crippen LogP contribution in [0, 0.1) is 0 Å². The molecule has 0 spiro atoms. The van der Waals surface area contributed by atoms with Crippen molar-refractivity contribution in [3.8, 4) is 0 Å². The minimum Gasteiger partial charge on any atom is -0.396 e. The molecule has 1 rings (SSSR count). The summed E-state index contributed by atoms with van der Waals surface area (Å²) in [4.78, 5) is 11.7. The van der Waals surface area contributed by atoms with Crippen molar-refractivity contribution in [3.63, 3.8) is 0 Å². The van der Waals surface area contributed by atoms with Gasteiger partial charge < -0.3 is 15.0 Å². The molecule has 1 unspecified atom stereocenters. The van der Waals surface area contributed by atoms with E-state index < -0.39 is 0 Å². The molecule has 1 amide bonds. The fourth-order valence-electron chi connectivity index (χ4n) is 1.31. The molecule has 0 saturated carbocycles. The number of hydrogen-bond donors (Lipinski definition) is 2. The van der Waals surface area contributed by atoms with E-state index in [2.05, 4.69) is 5.32 Å². The van der Waals surface area contributed by atoms with E-state index in [4.69, 9.17) is 16.7 Å². The molecule has 0 fully saturated rings. The Morgan fingerprint density at radius 2 is 2.40 bits per heavy atom. The Kier molecular flexibility index (Phi) is 4.17. The highest BCUT2D eigenvalue weighted by Gasteiger charge is 2.13. The van der Waals surface area contributed by atoms with E-state index in [0.717, 1.165) is 0 Å². The summed E-state index contributed by atoms with van der Waals surface area (Å²) < 4.78 is 1.67. The van der Waals surface area contributed by atoms with Crippen LogP contribution in [0.4, 0.5) is 0 Å². The number of hydrogen-bond acceptors (Lipinski definition) is 2. The third-order valence-corrected chi connectivity index (χ3v) is 2.35.